The van der Waals surface area contributed by atoms with Crippen LogP contribution in [0.5, 0.6) is 0 Å². The number of carbonyl (C=O) groups excluding carboxylic acids is 1. The number of allylic oxidation sites excluding steroid dienone is 2. The zero-order valence-corrected chi connectivity index (χ0v) is 12.2. The van der Waals surface area contributed by atoms with E-state index in [1.54, 1.807) is 0 Å². The Morgan fingerprint density at radius 3 is 2.06 bits per heavy atom. The highest BCUT2D eigenvalue weighted by Gasteiger charge is 2.32. The summed E-state index contributed by atoms with van der Waals surface area (Å²) in [6.45, 7) is 6.20. The van der Waals surface area contributed by atoms with Crippen molar-refractivity contribution in [3.63, 3.8) is 0 Å². The highest BCUT2D eigenvalue weighted by Crippen LogP contribution is 2.34. The largest absolute Gasteiger partial charge is 0.512 e. The molecule has 0 aromatic rings. The van der Waals surface area contributed by atoms with Crippen molar-refractivity contribution in [2.24, 2.45) is 11.3 Å². The molecule has 104 valence electrons. The molecule has 0 amide bonds. The molecule has 1 rings (SSSR count). The van der Waals surface area contributed by atoms with E-state index < -0.39 is 0 Å². The number of rotatable bonds is 6. The normalized spacial score (nSPS) is 18.9. The number of carbonyl (C=O) groups is 1. The Hall–Kier alpha value is -0.790. The molecule has 0 bridgehead atoms. The van der Waals surface area contributed by atoms with Crippen molar-refractivity contribution in [2.45, 2.75) is 72.1 Å². The first kappa shape index (κ1) is 15.3. The number of aliphatic hydroxyl groups is 1. The maximum atomic E-state index is 12.4. The Labute approximate surface area is 111 Å². The summed E-state index contributed by atoms with van der Waals surface area (Å²) < 4.78 is 0. The molecule has 1 aliphatic carbocycles. The maximum Gasteiger partial charge on any atom is 0.165 e. The van der Waals surface area contributed by atoms with E-state index in [1.165, 1.54) is 25.3 Å². The van der Waals surface area contributed by atoms with Gasteiger partial charge in [0.1, 0.15) is 0 Å². The van der Waals surface area contributed by atoms with E-state index in [-0.39, 0.29) is 17.1 Å². The fraction of sp³-hybridized carbons (Fsp3) is 0.812. The van der Waals surface area contributed by atoms with Crippen LogP contribution in [0.4, 0.5) is 0 Å². The van der Waals surface area contributed by atoms with Crippen molar-refractivity contribution in [3.8, 4) is 0 Å². The van der Waals surface area contributed by atoms with Gasteiger partial charge in [0.15, 0.2) is 5.78 Å². The Bertz CT molecular complexity index is 286. The van der Waals surface area contributed by atoms with Crippen LogP contribution in [0, 0.1) is 11.3 Å². The number of hydrogen-bond acceptors (Lipinski definition) is 2. The molecule has 0 aromatic heterocycles. The molecule has 0 radical (unpaired) electrons. The third kappa shape index (κ3) is 3.37. The van der Waals surface area contributed by atoms with Gasteiger partial charge in [0.05, 0.1) is 5.76 Å². The summed E-state index contributed by atoms with van der Waals surface area (Å²) in [6, 6.07) is 0. The van der Waals surface area contributed by atoms with E-state index in [0.29, 0.717) is 5.76 Å². The van der Waals surface area contributed by atoms with Crippen molar-refractivity contribution in [2.75, 3.05) is 0 Å². The van der Waals surface area contributed by atoms with Gasteiger partial charge >= 0.3 is 0 Å². The minimum atomic E-state index is -0.261. The van der Waals surface area contributed by atoms with Crippen molar-refractivity contribution in [1.82, 2.24) is 0 Å². The van der Waals surface area contributed by atoms with Gasteiger partial charge in [-0.25, -0.2) is 0 Å². The quantitative estimate of drug-likeness (QED) is 0.545. The van der Waals surface area contributed by atoms with E-state index >= 15 is 0 Å². The third-order valence-electron chi connectivity index (χ3n) is 4.86. The summed E-state index contributed by atoms with van der Waals surface area (Å²) in [4.78, 5) is 12.4. The lowest BCUT2D eigenvalue weighted by atomic mass is 9.75. The summed E-state index contributed by atoms with van der Waals surface area (Å²) in [5.74, 6) is 0.684. The Kier molecular flexibility index (Phi) is 5.90. The van der Waals surface area contributed by atoms with Crippen LogP contribution in [-0.4, -0.2) is 10.9 Å². The zero-order chi connectivity index (χ0) is 13.6. The van der Waals surface area contributed by atoms with Gasteiger partial charge < -0.3 is 5.11 Å². The van der Waals surface area contributed by atoms with Crippen LogP contribution in [0.25, 0.3) is 0 Å². The second kappa shape index (κ2) is 6.96. The number of aliphatic hydroxyl groups excluding tert-OH is 1. The van der Waals surface area contributed by atoms with E-state index in [0.717, 1.165) is 32.1 Å². The average molecular weight is 252 g/mol. The Balaban J connectivity index is 2.76. The lowest BCUT2D eigenvalue weighted by molar-refractivity contribution is -0.124. The van der Waals surface area contributed by atoms with Crippen LogP contribution in [0.1, 0.15) is 72.1 Å². The predicted octanol–water partition coefficient (Wildman–Crippen LogP) is 4.79. The monoisotopic (exact) mass is 252 g/mol. The van der Waals surface area contributed by atoms with Crippen molar-refractivity contribution < 1.29 is 9.90 Å². The summed E-state index contributed by atoms with van der Waals surface area (Å²) in [7, 11) is 0. The highest BCUT2D eigenvalue weighted by atomic mass is 16.3. The smallest absolute Gasteiger partial charge is 0.165 e. The molecule has 0 heterocycles. The molecule has 1 saturated carbocycles. The summed E-state index contributed by atoms with van der Waals surface area (Å²) in [6.07, 6.45) is 9.79. The summed E-state index contributed by atoms with van der Waals surface area (Å²) in [5, 5.41) is 10.1. The van der Waals surface area contributed by atoms with Crippen LogP contribution in [0.15, 0.2) is 11.8 Å². The van der Waals surface area contributed by atoms with Crippen LogP contribution < -0.4 is 0 Å². The van der Waals surface area contributed by atoms with Gasteiger partial charge in [-0.05, 0) is 32.1 Å². The number of ketones is 1. The van der Waals surface area contributed by atoms with Gasteiger partial charge in [0, 0.05) is 17.4 Å². The van der Waals surface area contributed by atoms with Crippen molar-refractivity contribution >= 4 is 5.78 Å². The van der Waals surface area contributed by atoms with Gasteiger partial charge in [-0.15, -0.1) is 0 Å². The van der Waals surface area contributed by atoms with Crippen LogP contribution in [0.2, 0.25) is 0 Å². The first-order chi connectivity index (χ1) is 8.59. The van der Waals surface area contributed by atoms with E-state index in [1.807, 2.05) is 0 Å². The highest BCUT2D eigenvalue weighted by molar-refractivity contribution is 5.95. The first-order valence-electron chi connectivity index (χ1n) is 7.54. The molecule has 0 unspecified atom stereocenters. The van der Waals surface area contributed by atoms with E-state index in [2.05, 4.69) is 20.8 Å². The first-order valence-corrected chi connectivity index (χ1v) is 7.54. The molecule has 0 saturated heterocycles. The van der Waals surface area contributed by atoms with Crippen LogP contribution >= 0.6 is 0 Å². The SMILES string of the molecule is CCC(CC)(CC)C(=O)/C=C(\O)C1CCCCC1. The molecule has 1 aliphatic rings. The third-order valence-corrected chi connectivity index (χ3v) is 4.86. The van der Waals surface area contributed by atoms with Gasteiger partial charge in [-0.2, -0.15) is 0 Å². The Morgan fingerprint density at radius 1 is 1.11 bits per heavy atom. The maximum absolute atomic E-state index is 12.4. The average Bonchev–Trinajstić information content (AvgIpc) is 2.42. The van der Waals surface area contributed by atoms with Crippen molar-refractivity contribution in [3.05, 3.63) is 11.8 Å². The molecule has 2 nitrogen and oxygen atoms in total. The molecule has 18 heavy (non-hydrogen) atoms. The van der Waals surface area contributed by atoms with Gasteiger partial charge in [0.2, 0.25) is 0 Å². The molecule has 2 heteroatoms. The van der Waals surface area contributed by atoms with Gasteiger partial charge in [-0.1, -0.05) is 40.0 Å². The van der Waals surface area contributed by atoms with Gasteiger partial charge in [-0.3, -0.25) is 4.79 Å². The Morgan fingerprint density at radius 2 is 1.61 bits per heavy atom. The molecule has 1 fully saturated rings. The molecular formula is C16H28O2. The van der Waals surface area contributed by atoms with E-state index in [9.17, 15) is 9.90 Å². The second-order valence-electron chi connectivity index (χ2n) is 5.61. The lowest BCUT2D eigenvalue weighted by Gasteiger charge is -2.28. The topological polar surface area (TPSA) is 37.3 Å². The zero-order valence-electron chi connectivity index (χ0n) is 12.2. The molecule has 0 atom stereocenters. The molecular weight excluding hydrogens is 224 g/mol. The van der Waals surface area contributed by atoms with Crippen LogP contribution in [-0.2, 0) is 4.79 Å². The molecule has 0 spiro atoms. The number of hydrogen-bond donors (Lipinski definition) is 1. The lowest BCUT2D eigenvalue weighted by Crippen LogP contribution is -2.28. The van der Waals surface area contributed by atoms with Crippen LogP contribution in [0.3, 0.4) is 0 Å². The van der Waals surface area contributed by atoms with Gasteiger partial charge in [0.25, 0.3) is 0 Å². The second-order valence-corrected chi connectivity index (χ2v) is 5.61. The van der Waals surface area contributed by atoms with E-state index in [4.69, 9.17) is 0 Å². The summed E-state index contributed by atoms with van der Waals surface area (Å²) >= 11 is 0. The van der Waals surface area contributed by atoms with Crippen molar-refractivity contribution in [1.29, 1.82) is 0 Å². The fourth-order valence-electron chi connectivity index (χ4n) is 3.08. The standard InChI is InChI=1S/C16H28O2/c1-4-16(5-2,6-3)15(18)12-14(17)13-10-8-7-9-11-13/h12-13,17H,4-11H2,1-3H3/b14-12-. The predicted molar refractivity (Wildman–Crippen MR) is 75.6 cm³/mol. The minimum Gasteiger partial charge on any atom is -0.512 e. The summed E-state index contributed by atoms with van der Waals surface area (Å²) in [5.41, 5.74) is -0.261. The fourth-order valence-corrected chi connectivity index (χ4v) is 3.08. The minimum absolute atomic E-state index is 0.123. The molecule has 0 aliphatic heterocycles. The molecule has 1 N–H and O–H groups in total. The molecule has 0 aromatic carbocycles.